The maximum absolute atomic E-state index is 14.1. The first-order chi connectivity index (χ1) is 13.5. The number of hydrogen-bond acceptors (Lipinski definition) is 5. The highest BCUT2D eigenvalue weighted by atomic mass is 19.1. The van der Waals surface area contributed by atoms with Gasteiger partial charge in [0.2, 0.25) is 5.91 Å². The summed E-state index contributed by atoms with van der Waals surface area (Å²) < 4.78 is 16.0. The first kappa shape index (κ1) is 17.9. The smallest absolute Gasteiger partial charge is 0.228 e. The number of halogens is 1. The fourth-order valence-electron chi connectivity index (χ4n) is 3.09. The van der Waals surface area contributed by atoms with Gasteiger partial charge in [-0.1, -0.05) is 6.92 Å². The predicted octanol–water partition coefficient (Wildman–Crippen LogP) is 3.63. The molecule has 0 aliphatic heterocycles. The van der Waals surface area contributed by atoms with Crippen molar-refractivity contribution in [3.8, 4) is 6.07 Å². The number of nitriles is 1. The zero-order chi connectivity index (χ0) is 19.8. The summed E-state index contributed by atoms with van der Waals surface area (Å²) in [5, 5.41) is 15.0. The van der Waals surface area contributed by atoms with Crippen LogP contribution in [0.25, 0.3) is 11.0 Å². The lowest BCUT2D eigenvalue weighted by Gasteiger charge is -2.13. The Hall–Kier alpha value is -3.47. The van der Waals surface area contributed by atoms with E-state index >= 15 is 0 Å². The lowest BCUT2D eigenvalue weighted by molar-refractivity contribution is -0.117. The highest BCUT2D eigenvalue weighted by Gasteiger charge is 2.30. The number of pyridine rings is 1. The van der Waals surface area contributed by atoms with E-state index in [9.17, 15) is 9.18 Å². The van der Waals surface area contributed by atoms with Gasteiger partial charge in [-0.05, 0) is 37.0 Å². The van der Waals surface area contributed by atoms with Crippen LogP contribution in [-0.2, 0) is 18.3 Å². The molecule has 1 saturated carbocycles. The molecule has 28 heavy (non-hydrogen) atoms. The predicted molar refractivity (Wildman–Crippen MR) is 104 cm³/mol. The fourth-order valence-corrected chi connectivity index (χ4v) is 3.09. The minimum Gasteiger partial charge on any atom is -0.340 e. The highest BCUT2D eigenvalue weighted by Crippen LogP contribution is 2.32. The maximum Gasteiger partial charge on any atom is 0.228 e. The number of imidazole rings is 1. The van der Waals surface area contributed by atoms with Crippen LogP contribution < -0.4 is 10.6 Å². The highest BCUT2D eigenvalue weighted by molar-refractivity contribution is 6.00. The first-order valence-electron chi connectivity index (χ1n) is 9.12. The molecular weight excluding hydrogens is 359 g/mol. The van der Waals surface area contributed by atoms with Crippen LogP contribution in [0.15, 0.2) is 24.5 Å². The summed E-state index contributed by atoms with van der Waals surface area (Å²) >= 11 is 0. The van der Waals surface area contributed by atoms with Gasteiger partial charge >= 0.3 is 0 Å². The van der Waals surface area contributed by atoms with Gasteiger partial charge in [0.05, 0.1) is 17.4 Å². The van der Waals surface area contributed by atoms with Crippen molar-refractivity contribution in [1.29, 1.82) is 5.26 Å². The van der Waals surface area contributed by atoms with E-state index in [0.29, 0.717) is 29.3 Å². The van der Waals surface area contributed by atoms with E-state index in [1.165, 1.54) is 12.1 Å². The summed E-state index contributed by atoms with van der Waals surface area (Å²) in [6.45, 7) is 1.93. The number of aromatic nitrogens is 3. The SMILES string of the molecule is CCc1cc(C#N)c(F)cc1Nc1cc2c(ncn2C)c(NC(=O)C2CC2)n1. The number of carbonyl (C=O) groups excluding carboxylic acids is 1. The molecule has 0 spiro atoms. The second kappa shape index (κ2) is 6.93. The number of nitrogens with zero attached hydrogens (tertiary/aromatic N) is 4. The molecule has 142 valence electrons. The van der Waals surface area contributed by atoms with Crippen LogP contribution in [0.4, 0.5) is 21.7 Å². The van der Waals surface area contributed by atoms with Gasteiger partial charge < -0.3 is 15.2 Å². The maximum atomic E-state index is 14.1. The average Bonchev–Trinajstić information content (AvgIpc) is 3.46. The Morgan fingerprint density at radius 1 is 1.39 bits per heavy atom. The zero-order valence-corrected chi connectivity index (χ0v) is 15.6. The molecule has 1 fully saturated rings. The third-order valence-electron chi connectivity index (χ3n) is 4.86. The number of aryl methyl sites for hydroxylation is 2. The number of rotatable bonds is 5. The lowest BCUT2D eigenvalue weighted by Crippen LogP contribution is -2.15. The van der Waals surface area contributed by atoms with Crippen LogP contribution in [0.3, 0.4) is 0 Å². The molecule has 0 bridgehead atoms. The molecule has 3 aromatic rings. The average molecular weight is 378 g/mol. The largest absolute Gasteiger partial charge is 0.340 e. The van der Waals surface area contributed by atoms with E-state index in [1.54, 1.807) is 12.4 Å². The van der Waals surface area contributed by atoms with E-state index in [0.717, 1.165) is 23.9 Å². The van der Waals surface area contributed by atoms with Gasteiger partial charge in [-0.3, -0.25) is 4.79 Å². The molecule has 1 amide bonds. The summed E-state index contributed by atoms with van der Waals surface area (Å²) in [4.78, 5) is 21.1. The number of hydrogen-bond donors (Lipinski definition) is 2. The molecule has 0 unspecified atom stereocenters. The topological polar surface area (TPSA) is 95.6 Å². The third kappa shape index (κ3) is 3.27. The molecule has 0 atom stereocenters. The molecule has 8 heteroatoms. The summed E-state index contributed by atoms with van der Waals surface area (Å²) in [7, 11) is 1.85. The minimum absolute atomic E-state index is 0.00910. The van der Waals surface area contributed by atoms with Crippen molar-refractivity contribution in [3.63, 3.8) is 0 Å². The minimum atomic E-state index is -0.592. The molecule has 2 N–H and O–H groups in total. The van der Waals surface area contributed by atoms with Crippen LogP contribution in [0.5, 0.6) is 0 Å². The van der Waals surface area contributed by atoms with Crippen LogP contribution in [0, 0.1) is 23.1 Å². The molecule has 0 saturated heterocycles. The van der Waals surface area contributed by atoms with E-state index in [4.69, 9.17) is 5.26 Å². The quantitative estimate of drug-likeness (QED) is 0.707. The first-order valence-corrected chi connectivity index (χ1v) is 9.12. The Morgan fingerprint density at radius 2 is 2.18 bits per heavy atom. The lowest BCUT2D eigenvalue weighted by atomic mass is 10.1. The van der Waals surface area contributed by atoms with Gasteiger partial charge in [-0.2, -0.15) is 5.26 Å². The van der Waals surface area contributed by atoms with Crippen LogP contribution in [0.2, 0.25) is 0 Å². The molecular formula is C20H19FN6O. The van der Waals surface area contributed by atoms with Gasteiger partial charge in [0.25, 0.3) is 0 Å². The van der Waals surface area contributed by atoms with Crippen molar-refractivity contribution in [2.75, 3.05) is 10.6 Å². The second-order valence-electron chi connectivity index (χ2n) is 6.92. The van der Waals surface area contributed by atoms with Crippen molar-refractivity contribution in [2.45, 2.75) is 26.2 Å². The van der Waals surface area contributed by atoms with Gasteiger partial charge in [-0.25, -0.2) is 14.4 Å². The Balaban J connectivity index is 1.75. The standard InChI is InChI=1S/C20H19FN6O/c1-3-11-6-13(9-22)14(21)7-15(11)24-17-8-16-18(23-10-27(16)2)19(25-17)26-20(28)12-4-5-12/h6-8,10,12H,3-5H2,1-2H3,(H2,24,25,26,28). The Kier molecular flexibility index (Phi) is 4.43. The second-order valence-corrected chi connectivity index (χ2v) is 6.92. The molecule has 1 aliphatic rings. The number of anilines is 3. The van der Waals surface area contributed by atoms with Crippen molar-refractivity contribution < 1.29 is 9.18 Å². The summed E-state index contributed by atoms with van der Waals surface area (Å²) in [6, 6.07) is 6.49. The zero-order valence-electron chi connectivity index (χ0n) is 15.6. The summed E-state index contributed by atoms with van der Waals surface area (Å²) in [6.07, 6.45) is 4.05. The van der Waals surface area contributed by atoms with Crippen molar-refractivity contribution in [3.05, 3.63) is 41.5 Å². The van der Waals surface area contributed by atoms with Crippen LogP contribution >= 0.6 is 0 Å². The number of amides is 1. The van der Waals surface area contributed by atoms with E-state index < -0.39 is 5.82 Å². The normalized spacial score (nSPS) is 13.4. The fraction of sp³-hybridized carbons (Fsp3) is 0.300. The van der Waals surface area contributed by atoms with E-state index in [1.807, 2.05) is 24.6 Å². The van der Waals surface area contributed by atoms with Gasteiger partial charge in [-0.15, -0.1) is 0 Å². The van der Waals surface area contributed by atoms with Crippen molar-refractivity contribution in [2.24, 2.45) is 13.0 Å². The van der Waals surface area contributed by atoms with Crippen molar-refractivity contribution in [1.82, 2.24) is 14.5 Å². The molecule has 1 aliphatic carbocycles. The molecule has 2 aromatic heterocycles. The van der Waals surface area contributed by atoms with Gasteiger partial charge in [0.1, 0.15) is 23.2 Å². The Morgan fingerprint density at radius 3 is 2.86 bits per heavy atom. The molecule has 7 nitrogen and oxygen atoms in total. The molecule has 1 aromatic carbocycles. The number of benzene rings is 1. The molecule has 2 heterocycles. The third-order valence-corrected chi connectivity index (χ3v) is 4.86. The molecule has 0 radical (unpaired) electrons. The number of fused-ring (bicyclic) bond motifs is 1. The summed E-state index contributed by atoms with van der Waals surface area (Å²) in [5.41, 5.74) is 2.73. The monoisotopic (exact) mass is 378 g/mol. The van der Waals surface area contributed by atoms with Gasteiger partial charge in [0, 0.05) is 24.7 Å². The number of nitrogens with one attached hydrogen (secondary N) is 2. The summed E-state index contributed by atoms with van der Waals surface area (Å²) in [5.74, 6) is 0.225. The number of carbonyl (C=O) groups is 1. The van der Waals surface area contributed by atoms with E-state index in [2.05, 4.69) is 20.6 Å². The Labute approximate surface area is 161 Å². The van der Waals surface area contributed by atoms with E-state index in [-0.39, 0.29) is 17.4 Å². The van der Waals surface area contributed by atoms with Crippen LogP contribution in [-0.4, -0.2) is 20.4 Å². The molecule has 4 rings (SSSR count). The van der Waals surface area contributed by atoms with Crippen LogP contribution in [0.1, 0.15) is 30.9 Å². The van der Waals surface area contributed by atoms with Crippen molar-refractivity contribution >= 4 is 34.3 Å². The Bertz CT molecular complexity index is 1130. The van der Waals surface area contributed by atoms with Gasteiger partial charge in [0.15, 0.2) is 5.82 Å².